The van der Waals surface area contributed by atoms with E-state index in [4.69, 9.17) is 0 Å². The molecule has 0 aromatic heterocycles. The Bertz CT molecular complexity index is 531. The van der Waals surface area contributed by atoms with Crippen LogP contribution in [0.15, 0.2) is 29.2 Å². The molecule has 6 heteroatoms. The number of halogens is 1. The van der Waals surface area contributed by atoms with Gasteiger partial charge in [-0.1, -0.05) is 15.9 Å². The van der Waals surface area contributed by atoms with E-state index in [1.807, 2.05) is 12.1 Å². The van der Waals surface area contributed by atoms with Crippen LogP contribution in [0.5, 0.6) is 0 Å². The van der Waals surface area contributed by atoms with E-state index < -0.39 is 9.84 Å². The summed E-state index contributed by atoms with van der Waals surface area (Å²) in [5, 5.41) is 1.01. The van der Waals surface area contributed by atoms with Crippen molar-refractivity contribution in [2.75, 3.05) is 49.2 Å². The average Bonchev–Trinajstić information content (AvgIpc) is 2.64. The quantitative estimate of drug-likeness (QED) is 0.770. The maximum absolute atomic E-state index is 11.5. The van der Waals surface area contributed by atoms with Crippen molar-refractivity contribution >= 4 is 31.5 Å². The number of nitrogens with zero attached hydrogens (tertiary/aromatic N) is 2. The molecular weight excluding hydrogens is 340 g/mol. The van der Waals surface area contributed by atoms with Gasteiger partial charge in [-0.2, -0.15) is 0 Å². The molecule has 0 bridgehead atoms. The first-order valence-electron chi connectivity index (χ1n) is 6.84. The lowest BCUT2D eigenvalue weighted by molar-refractivity contribution is 0.313. The second-order valence-corrected chi connectivity index (χ2v) is 7.95. The summed E-state index contributed by atoms with van der Waals surface area (Å²) in [5.74, 6) is 0. The fraction of sp³-hybridized carbons (Fsp3) is 0.571. The van der Waals surface area contributed by atoms with Crippen LogP contribution in [0.3, 0.4) is 0 Å². The molecule has 0 spiro atoms. The van der Waals surface area contributed by atoms with Crippen LogP contribution in [0.4, 0.5) is 5.69 Å². The van der Waals surface area contributed by atoms with E-state index in [0.717, 1.165) is 50.2 Å². The molecule has 0 amide bonds. The Kier molecular flexibility index (Phi) is 5.46. The van der Waals surface area contributed by atoms with Gasteiger partial charge < -0.3 is 9.80 Å². The summed E-state index contributed by atoms with van der Waals surface area (Å²) in [6, 6.07) is 7.23. The molecule has 1 fully saturated rings. The van der Waals surface area contributed by atoms with Crippen LogP contribution in [-0.2, 0) is 9.84 Å². The normalized spacial score (nSPS) is 18.0. The second kappa shape index (κ2) is 6.91. The first-order chi connectivity index (χ1) is 9.50. The zero-order chi connectivity index (χ0) is 14.6. The van der Waals surface area contributed by atoms with Gasteiger partial charge in [-0.05, 0) is 37.2 Å². The van der Waals surface area contributed by atoms with Crippen molar-refractivity contribution in [2.45, 2.75) is 11.3 Å². The Hall–Kier alpha value is -0.590. The third kappa shape index (κ3) is 4.20. The Morgan fingerprint density at radius 1 is 1.10 bits per heavy atom. The zero-order valence-corrected chi connectivity index (χ0v) is 14.2. The van der Waals surface area contributed by atoms with E-state index in [-0.39, 0.29) is 0 Å². The number of rotatable bonds is 4. The van der Waals surface area contributed by atoms with E-state index >= 15 is 0 Å². The highest BCUT2D eigenvalue weighted by atomic mass is 79.9. The topological polar surface area (TPSA) is 40.6 Å². The lowest BCUT2D eigenvalue weighted by atomic mass is 10.2. The van der Waals surface area contributed by atoms with Crippen LogP contribution in [0.1, 0.15) is 6.42 Å². The lowest BCUT2D eigenvalue weighted by Crippen LogP contribution is -2.31. The first-order valence-corrected chi connectivity index (χ1v) is 9.85. The molecule has 0 N–H and O–H groups in total. The van der Waals surface area contributed by atoms with Crippen molar-refractivity contribution < 1.29 is 8.42 Å². The van der Waals surface area contributed by atoms with Gasteiger partial charge in [0, 0.05) is 43.5 Å². The van der Waals surface area contributed by atoms with E-state index in [0.29, 0.717) is 4.90 Å². The van der Waals surface area contributed by atoms with Crippen molar-refractivity contribution in [2.24, 2.45) is 0 Å². The molecule has 1 aliphatic heterocycles. The van der Waals surface area contributed by atoms with Gasteiger partial charge in [0.25, 0.3) is 0 Å². The fourth-order valence-electron chi connectivity index (χ4n) is 2.48. The minimum atomic E-state index is -3.11. The maximum Gasteiger partial charge on any atom is 0.175 e. The zero-order valence-electron chi connectivity index (χ0n) is 11.8. The second-order valence-electron chi connectivity index (χ2n) is 5.14. The van der Waals surface area contributed by atoms with Gasteiger partial charge in [-0.15, -0.1) is 0 Å². The van der Waals surface area contributed by atoms with E-state index in [1.54, 1.807) is 12.1 Å². The van der Waals surface area contributed by atoms with Crippen LogP contribution in [0, 0.1) is 0 Å². The minimum absolute atomic E-state index is 0.386. The van der Waals surface area contributed by atoms with E-state index in [2.05, 4.69) is 25.7 Å². The third-order valence-corrected chi connectivity index (χ3v) is 5.10. The van der Waals surface area contributed by atoms with Gasteiger partial charge in [0.05, 0.1) is 4.90 Å². The lowest BCUT2D eigenvalue weighted by Gasteiger charge is -2.23. The highest BCUT2D eigenvalue weighted by Gasteiger charge is 2.15. The molecule has 0 unspecified atom stereocenters. The summed E-state index contributed by atoms with van der Waals surface area (Å²) in [6.45, 7) is 5.28. The Balaban J connectivity index is 2.05. The molecule has 20 heavy (non-hydrogen) atoms. The Morgan fingerprint density at radius 2 is 1.80 bits per heavy atom. The van der Waals surface area contributed by atoms with Crippen molar-refractivity contribution in [3.63, 3.8) is 0 Å². The number of hydrogen-bond donors (Lipinski definition) is 0. The Morgan fingerprint density at radius 3 is 2.40 bits per heavy atom. The van der Waals surface area contributed by atoms with Gasteiger partial charge in [-0.3, -0.25) is 0 Å². The van der Waals surface area contributed by atoms with Crippen molar-refractivity contribution in [1.82, 2.24) is 4.90 Å². The molecule has 1 saturated heterocycles. The molecule has 0 aliphatic carbocycles. The van der Waals surface area contributed by atoms with Gasteiger partial charge in [0.15, 0.2) is 9.84 Å². The monoisotopic (exact) mass is 360 g/mol. The van der Waals surface area contributed by atoms with Crippen LogP contribution in [0.25, 0.3) is 0 Å². The molecule has 112 valence electrons. The maximum atomic E-state index is 11.5. The Labute approximate surface area is 129 Å². The summed E-state index contributed by atoms with van der Waals surface area (Å²) in [7, 11) is -3.11. The fourth-order valence-corrected chi connectivity index (χ4v) is 3.61. The molecule has 2 rings (SSSR count). The molecule has 4 nitrogen and oxygen atoms in total. The number of hydrogen-bond acceptors (Lipinski definition) is 4. The van der Waals surface area contributed by atoms with E-state index in [9.17, 15) is 8.42 Å². The van der Waals surface area contributed by atoms with Crippen molar-refractivity contribution in [3.05, 3.63) is 24.3 Å². The number of anilines is 1. The van der Waals surface area contributed by atoms with Crippen molar-refractivity contribution in [3.8, 4) is 0 Å². The van der Waals surface area contributed by atoms with Gasteiger partial charge >= 0.3 is 0 Å². The largest absolute Gasteiger partial charge is 0.370 e. The smallest absolute Gasteiger partial charge is 0.175 e. The molecule has 1 aromatic carbocycles. The van der Waals surface area contributed by atoms with Gasteiger partial charge in [-0.25, -0.2) is 8.42 Å². The average molecular weight is 361 g/mol. The molecule has 1 aliphatic rings. The summed E-state index contributed by atoms with van der Waals surface area (Å²) >= 11 is 3.48. The van der Waals surface area contributed by atoms with E-state index in [1.165, 1.54) is 6.26 Å². The summed E-state index contributed by atoms with van der Waals surface area (Å²) in [6.07, 6.45) is 2.38. The predicted molar refractivity (Wildman–Crippen MR) is 86.6 cm³/mol. The number of sulfone groups is 1. The SMILES string of the molecule is CS(=O)(=O)c1ccc(N2CCCN(CCBr)CC2)cc1. The molecular formula is C14H21BrN2O2S. The standard InChI is InChI=1S/C14H21BrN2O2S/c1-20(18,19)14-5-3-13(4-6-14)17-9-2-8-16(10-7-15)11-12-17/h3-6H,2,7-12H2,1H3. The van der Waals surface area contributed by atoms with Gasteiger partial charge in [0.2, 0.25) is 0 Å². The minimum Gasteiger partial charge on any atom is -0.370 e. The predicted octanol–water partition coefficient (Wildman–Crippen LogP) is 2.00. The summed E-state index contributed by atoms with van der Waals surface area (Å²) in [5.41, 5.74) is 1.11. The summed E-state index contributed by atoms with van der Waals surface area (Å²) < 4.78 is 22.9. The highest BCUT2D eigenvalue weighted by Crippen LogP contribution is 2.19. The van der Waals surface area contributed by atoms with Crippen molar-refractivity contribution in [1.29, 1.82) is 0 Å². The van der Waals surface area contributed by atoms with Gasteiger partial charge in [0.1, 0.15) is 0 Å². The molecule has 0 saturated carbocycles. The molecule has 0 radical (unpaired) electrons. The third-order valence-electron chi connectivity index (χ3n) is 3.62. The van der Waals surface area contributed by atoms with Crippen LogP contribution >= 0.6 is 15.9 Å². The molecule has 1 aromatic rings. The van der Waals surface area contributed by atoms with Crippen LogP contribution < -0.4 is 4.90 Å². The molecule has 1 heterocycles. The summed E-state index contributed by atoms with van der Waals surface area (Å²) in [4.78, 5) is 5.18. The highest BCUT2D eigenvalue weighted by molar-refractivity contribution is 9.09. The van der Waals surface area contributed by atoms with Crippen LogP contribution in [-0.4, -0.2) is 57.6 Å². The first kappa shape index (κ1) is 15.8. The molecule has 0 atom stereocenters. The number of benzene rings is 1. The number of alkyl halides is 1. The van der Waals surface area contributed by atoms with Crippen LogP contribution in [0.2, 0.25) is 0 Å².